The highest BCUT2D eigenvalue weighted by Gasteiger charge is 2.21. The zero-order valence-electron chi connectivity index (χ0n) is 14.9. The Balaban J connectivity index is 1.70. The number of benzene rings is 2. The van der Waals surface area contributed by atoms with Gasteiger partial charge in [0.05, 0.1) is 21.2 Å². The van der Waals surface area contributed by atoms with E-state index >= 15 is 0 Å². The molecule has 1 aromatic heterocycles. The second-order valence-corrected chi connectivity index (χ2v) is 8.28. The van der Waals surface area contributed by atoms with Gasteiger partial charge in [0.15, 0.2) is 0 Å². The van der Waals surface area contributed by atoms with Crippen molar-refractivity contribution in [2.24, 2.45) is 0 Å². The van der Waals surface area contributed by atoms with Crippen LogP contribution >= 0.6 is 0 Å². The molecule has 0 unspecified atom stereocenters. The minimum atomic E-state index is -3.99. The van der Waals surface area contributed by atoms with Gasteiger partial charge in [-0.25, -0.2) is 13.4 Å². The molecule has 0 amide bonds. The summed E-state index contributed by atoms with van der Waals surface area (Å²) in [5.74, 6) is 0.998. The Morgan fingerprint density at radius 1 is 1.11 bits per heavy atom. The van der Waals surface area contributed by atoms with Crippen molar-refractivity contribution in [2.45, 2.75) is 30.7 Å². The van der Waals surface area contributed by atoms with Gasteiger partial charge in [0.1, 0.15) is 5.82 Å². The molecule has 0 atom stereocenters. The lowest BCUT2D eigenvalue weighted by Crippen LogP contribution is -2.13. The van der Waals surface area contributed by atoms with E-state index < -0.39 is 14.9 Å². The Bertz CT molecular complexity index is 1130. The summed E-state index contributed by atoms with van der Waals surface area (Å²) >= 11 is 0. The van der Waals surface area contributed by atoms with Gasteiger partial charge in [-0.15, -0.1) is 0 Å². The number of para-hydroxylation sites is 1. The van der Waals surface area contributed by atoms with Crippen molar-refractivity contribution in [3.63, 3.8) is 0 Å². The van der Waals surface area contributed by atoms with Crippen LogP contribution in [-0.4, -0.2) is 22.9 Å². The summed E-state index contributed by atoms with van der Waals surface area (Å²) in [6, 6.07) is 12.0. The lowest BCUT2D eigenvalue weighted by molar-refractivity contribution is -0.385. The molecule has 0 saturated heterocycles. The van der Waals surface area contributed by atoms with Crippen LogP contribution in [0.25, 0.3) is 11.3 Å². The number of nitrogens with one attached hydrogen (secondary N) is 1. The Morgan fingerprint density at radius 2 is 1.93 bits per heavy atom. The van der Waals surface area contributed by atoms with Gasteiger partial charge < -0.3 is 4.57 Å². The van der Waals surface area contributed by atoms with Crippen molar-refractivity contribution >= 4 is 21.4 Å². The molecule has 144 valence electrons. The zero-order chi connectivity index (χ0) is 19.7. The van der Waals surface area contributed by atoms with Crippen molar-refractivity contribution in [1.82, 2.24) is 9.55 Å². The van der Waals surface area contributed by atoms with Crippen LogP contribution in [0.15, 0.2) is 59.6 Å². The first-order valence-electron chi connectivity index (χ1n) is 8.87. The molecule has 9 heteroatoms. The molecule has 0 spiro atoms. The molecule has 28 heavy (non-hydrogen) atoms. The number of non-ortho nitro benzene ring substituents is 1. The maximum atomic E-state index is 12.8. The second kappa shape index (κ2) is 7.08. The Hall–Kier alpha value is -3.20. The number of anilines is 1. The lowest BCUT2D eigenvalue weighted by Gasteiger charge is -2.12. The van der Waals surface area contributed by atoms with Crippen molar-refractivity contribution in [2.75, 3.05) is 4.72 Å². The molecule has 0 fully saturated rings. The quantitative estimate of drug-likeness (QED) is 0.522. The summed E-state index contributed by atoms with van der Waals surface area (Å²) < 4.78 is 30.2. The molecule has 0 aliphatic carbocycles. The van der Waals surface area contributed by atoms with E-state index in [9.17, 15) is 18.5 Å². The van der Waals surface area contributed by atoms with Gasteiger partial charge >= 0.3 is 0 Å². The van der Waals surface area contributed by atoms with Gasteiger partial charge in [0.2, 0.25) is 0 Å². The van der Waals surface area contributed by atoms with E-state index in [1.165, 1.54) is 18.2 Å². The number of sulfonamides is 1. The van der Waals surface area contributed by atoms with Crippen LogP contribution < -0.4 is 4.72 Å². The van der Waals surface area contributed by atoms with E-state index in [-0.39, 0.29) is 10.6 Å². The zero-order valence-corrected chi connectivity index (χ0v) is 15.7. The predicted octanol–water partition coefficient (Wildman–Crippen LogP) is 3.60. The van der Waals surface area contributed by atoms with Gasteiger partial charge in [0.25, 0.3) is 15.7 Å². The van der Waals surface area contributed by atoms with Crippen molar-refractivity contribution in [3.8, 4) is 11.3 Å². The fourth-order valence-electron chi connectivity index (χ4n) is 3.31. The molecule has 8 nitrogen and oxygen atoms in total. The summed E-state index contributed by atoms with van der Waals surface area (Å²) in [5.41, 5.74) is 1.47. The normalized spacial score (nSPS) is 13.7. The molecule has 0 saturated carbocycles. The topological polar surface area (TPSA) is 107 Å². The Kier molecular flexibility index (Phi) is 4.60. The molecular formula is C19H18N4O4S. The van der Waals surface area contributed by atoms with E-state index in [1.807, 2.05) is 12.3 Å². The van der Waals surface area contributed by atoms with Crippen molar-refractivity contribution in [1.29, 1.82) is 0 Å². The number of hydrogen-bond acceptors (Lipinski definition) is 5. The van der Waals surface area contributed by atoms with Crippen LogP contribution in [-0.2, 0) is 23.0 Å². The molecule has 0 radical (unpaired) electrons. The van der Waals surface area contributed by atoms with Crippen molar-refractivity contribution < 1.29 is 13.3 Å². The third kappa shape index (κ3) is 3.48. The van der Waals surface area contributed by atoms with Gasteiger partial charge in [-0.2, -0.15) is 0 Å². The first-order valence-corrected chi connectivity index (χ1v) is 10.3. The second-order valence-electron chi connectivity index (χ2n) is 6.60. The van der Waals surface area contributed by atoms with Gasteiger partial charge in [-0.3, -0.25) is 14.8 Å². The summed E-state index contributed by atoms with van der Waals surface area (Å²) in [7, 11) is -3.99. The van der Waals surface area contributed by atoms with Crippen LogP contribution in [0.4, 0.5) is 11.4 Å². The number of fused-ring (bicyclic) bond motifs is 1. The molecule has 4 rings (SSSR count). The molecule has 3 aromatic rings. The Labute approximate surface area is 162 Å². The standard InChI is InChI=1S/C19H18N4O4S/c24-23(25)14-6-5-7-15(12-14)28(26,27)21-17-9-2-1-8-16(17)18-13-22-11-4-3-10-19(22)20-18/h1-2,5-9,12-13,21H,3-4,10-11H2. The van der Waals surface area contributed by atoms with E-state index in [2.05, 4.69) is 14.3 Å². The van der Waals surface area contributed by atoms with E-state index in [1.54, 1.807) is 18.2 Å². The number of rotatable bonds is 5. The average Bonchev–Trinajstić information content (AvgIpc) is 3.12. The maximum Gasteiger partial charge on any atom is 0.270 e. The average molecular weight is 398 g/mol. The molecule has 2 heterocycles. The fourth-order valence-corrected chi connectivity index (χ4v) is 4.42. The number of hydrogen-bond donors (Lipinski definition) is 1. The number of nitrogens with zero attached hydrogens (tertiary/aromatic N) is 3. The minimum absolute atomic E-state index is 0.166. The number of nitro groups is 1. The molecule has 2 aromatic carbocycles. The van der Waals surface area contributed by atoms with Crippen molar-refractivity contribution in [3.05, 3.63) is 70.7 Å². The molecular weight excluding hydrogens is 380 g/mol. The highest BCUT2D eigenvalue weighted by molar-refractivity contribution is 7.92. The number of nitro benzene ring substituents is 1. The lowest BCUT2D eigenvalue weighted by atomic mass is 10.1. The summed E-state index contributed by atoms with van der Waals surface area (Å²) in [5, 5.41) is 11.0. The summed E-state index contributed by atoms with van der Waals surface area (Å²) in [6.07, 6.45) is 5.04. The van der Waals surface area contributed by atoms with Crippen LogP contribution in [0.5, 0.6) is 0 Å². The number of imidazole rings is 1. The van der Waals surface area contributed by atoms with Crippen LogP contribution in [0.3, 0.4) is 0 Å². The largest absolute Gasteiger partial charge is 0.334 e. The van der Waals surface area contributed by atoms with Crippen LogP contribution in [0.1, 0.15) is 18.7 Å². The minimum Gasteiger partial charge on any atom is -0.334 e. The van der Waals surface area contributed by atoms with Gasteiger partial charge in [-0.05, 0) is 25.0 Å². The third-order valence-corrected chi connectivity index (χ3v) is 6.06. The van der Waals surface area contributed by atoms with E-state index in [4.69, 9.17) is 0 Å². The smallest absolute Gasteiger partial charge is 0.270 e. The number of aryl methyl sites for hydroxylation is 2. The van der Waals surface area contributed by atoms with Gasteiger partial charge in [-0.1, -0.05) is 24.3 Å². The number of aromatic nitrogens is 2. The highest BCUT2D eigenvalue weighted by Crippen LogP contribution is 2.30. The van der Waals surface area contributed by atoms with E-state index in [0.29, 0.717) is 16.9 Å². The van der Waals surface area contributed by atoms with Gasteiger partial charge in [0, 0.05) is 36.9 Å². The molecule has 1 aliphatic rings. The molecule has 0 bridgehead atoms. The summed E-state index contributed by atoms with van der Waals surface area (Å²) in [4.78, 5) is 14.8. The monoisotopic (exact) mass is 398 g/mol. The maximum absolute atomic E-state index is 12.8. The van der Waals surface area contributed by atoms with Crippen LogP contribution in [0, 0.1) is 10.1 Å². The first kappa shape index (κ1) is 18.2. The SMILES string of the molecule is O=[N+]([O-])c1cccc(S(=O)(=O)Nc2ccccc2-c2cn3c(n2)CCCC3)c1. The Morgan fingerprint density at radius 3 is 2.71 bits per heavy atom. The fraction of sp³-hybridized carbons (Fsp3) is 0.211. The van der Waals surface area contributed by atoms with Crippen LogP contribution in [0.2, 0.25) is 0 Å². The predicted molar refractivity (Wildman–Crippen MR) is 105 cm³/mol. The van der Waals surface area contributed by atoms with E-state index in [0.717, 1.165) is 37.7 Å². The molecule has 1 N–H and O–H groups in total. The first-order chi connectivity index (χ1) is 13.4. The third-order valence-electron chi connectivity index (χ3n) is 4.69. The highest BCUT2D eigenvalue weighted by atomic mass is 32.2. The molecule has 1 aliphatic heterocycles. The summed E-state index contributed by atoms with van der Waals surface area (Å²) in [6.45, 7) is 0.907.